The molecule has 0 bridgehead atoms. The summed E-state index contributed by atoms with van der Waals surface area (Å²) in [6.45, 7) is 4.10. The van der Waals surface area contributed by atoms with Gasteiger partial charge in [-0.2, -0.15) is 4.31 Å². The minimum Gasteiger partial charge on any atom is -0.465 e. The Hall–Kier alpha value is -3.17. The Morgan fingerprint density at radius 2 is 2.03 bits per heavy atom. The third-order valence-corrected chi connectivity index (χ3v) is 7.78. The van der Waals surface area contributed by atoms with E-state index in [9.17, 15) is 13.2 Å². The van der Waals surface area contributed by atoms with E-state index in [1.165, 1.54) is 22.2 Å². The summed E-state index contributed by atoms with van der Waals surface area (Å²) in [7, 11) is -3.90. The van der Waals surface area contributed by atoms with Gasteiger partial charge in [0, 0.05) is 18.8 Å². The van der Waals surface area contributed by atoms with Crippen molar-refractivity contribution in [2.24, 2.45) is 5.92 Å². The number of piperidine rings is 1. The lowest BCUT2D eigenvalue weighted by Gasteiger charge is -2.31. The first-order valence-electron chi connectivity index (χ1n) is 11.0. The fourth-order valence-electron chi connectivity index (χ4n) is 3.91. The molecule has 3 aromatic rings. The molecule has 4 rings (SSSR count). The van der Waals surface area contributed by atoms with Crippen molar-refractivity contribution < 1.29 is 22.2 Å². The van der Waals surface area contributed by atoms with Gasteiger partial charge in [-0.15, -0.1) is 0 Å². The Kier molecular flexibility index (Phi) is 6.80. The third kappa shape index (κ3) is 5.09. The highest BCUT2D eigenvalue weighted by molar-refractivity contribution is 7.89. The zero-order valence-corrected chi connectivity index (χ0v) is 19.5. The summed E-state index contributed by atoms with van der Waals surface area (Å²) < 4.78 is 38.9. The van der Waals surface area contributed by atoms with Crippen molar-refractivity contribution in [3.63, 3.8) is 0 Å². The number of amides is 1. The number of sulfonamides is 1. The van der Waals surface area contributed by atoms with Crippen LogP contribution in [0.5, 0.6) is 0 Å². The molecule has 33 heavy (non-hydrogen) atoms. The van der Waals surface area contributed by atoms with Crippen LogP contribution in [0, 0.1) is 12.8 Å². The Bertz CT molecular complexity index is 1230. The summed E-state index contributed by atoms with van der Waals surface area (Å²) in [5, 5.41) is 6.78. The first-order valence-corrected chi connectivity index (χ1v) is 12.4. The summed E-state index contributed by atoms with van der Waals surface area (Å²) in [6.07, 6.45) is 6.81. The maximum Gasteiger partial charge on any atom is 0.248 e. The van der Waals surface area contributed by atoms with E-state index in [0.717, 1.165) is 6.42 Å². The van der Waals surface area contributed by atoms with E-state index >= 15 is 0 Å². The number of nitrogens with one attached hydrogen (secondary N) is 1. The Morgan fingerprint density at radius 1 is 1.24 bits per heavy atom. The molecule has 1 amide bonds. The zero-order chi connectivity index (χ0) is 23.4. The van der Waals surface area contributed by atoms with Gasteiger partial charge in [-0.1, -0.05) is 24.2 Å². The number of furan rings is 1. The second-order valence-electron chi connectivity index (χ2n) is 8.05. The average Bonchev–Trinajstić information content (AvgIpc) is 3.48. The van der Waals surface area contributed by atoms with Crippen LogP contribution in [0.2, 0.25) is 0 Å². The summed E-state index contributed by atoms with van der Waals surface area (Å²) in [5.41, 5.74) is 2.16. The van der Waals surface area contributed by atoms with E-state index in [4.69, 9.17) is 8.94 Å². The molecular weight excluding hydrogens is 442 g/mol. The van der Waals surface area contributed by atoms with Crippen LogP contribution >= 0.6 is 0 Å². The van der Waals surface area contributed by atoms with Crippen molar-refractivity contribution in [3.05, 3.63) is 65.4 Å². The molecule has 1 aromatic carbocycles. The minimum absolute atomic E-state index is 0.0153. The second kappa shape index (κ2) is 9.76. The molecule has 0 saturated carbocycles. The van der Waals surface area contributed by atoms with Crippen LogP contribution in [-0.2, 0) is 21.2 Å². The molecule has 1 aliphatic rings. The maximum atomic E-state index is 13.5. The average molecular weight is 470 g/mol. The number of aryl methyl sites for hydroxylation is 2. The highest BCUT2D eigenvalue weighted by Gasteiger charge is 2.37. The van der Waals surface area contributed by atoms with Crippen molar-refractivity contribution in [3.8, 4) is 0 Å². The van der Waals surface area contributed by atoms with Gasteiger partial charge in [0.15, 0.2) is 10.7 Å². The highest BCUT2D eigenvalue weighted by atomic mass is 32.2. The summed E-state index contributed by atoms with van der Waals surface area (Å²) in [6, 6.07) is 11.2. The number of aromatic nitrogens is 1. The third-order valence-electron chi connectivity index (χ3n) is 5.76. The van der Waals surface area contributed by atoms with Crippen LogP contribution in [0.25, 0.3) is 12.2 Å². The Labute approximate surface area is 193 Å². The Balaban J connectivity index is 1.50. The van der Waals surface area contributed by atoms with Crippen LogP contribution in [0.1, 0.15) is 42.5 Å². The molecule has 1 fully saturated rings. The number of hydrogen-bond acceptors (Lipinski definition) is 6. The number of nitrogens with zero attached hydrogens (tertiary/aromatic N) is 2. The number of hydrogen-bond donors (Lipinski definition) is 1. The molecular formula is C24H27N3O5S. The molecule has 1 saturated heterocycles. The lowest BCUT2D eigenvalue weighted by Crippen LogP contribution is -2.43. The summed E-state index contributed by atoms with van der Waals surface area (Å²) in [4.78, 5) is 12.9. The normalized spacial score (nSPS) is 17.5. The van der Waals surface area contributed by atoms with Crippen LogP contribution in [0.15, 0.2) is 56.5 Å². The SMILES string of the molecule is CCc1ccc(NC(=O)[C@@H]2CCCN(S(=O)(=O)c3c(C)noc3/C=C/c3ccco3)C2)cc1. The molecule has 1 atom stereocenters. The molecule has 9 heteroatoms. The first kappa shape index (κ1) is 23.0. The number of benzene rings is 1. The van der Waals surface area contributed by atoms with Crippen molar-refractivity contribution in [1.29, 1.82) is 0 Å². The molecule has 2 aromatic heterocycles. The first-order chi connectivity index (χ1) is 15.9. The quantitative estimate of drug-likeness (QED) is 0.552. The smallest absolute Gasteiger partial charge is 0.248 e. The molecule has 0 radical (unpaired) electrons. The van der Waals surface area contributed by atoms with E-state index in [-0.39, 0.29) is 28.8 Å². The van der Waals surface area contributed by atoms with Crippen LogP contribution < -0.4 is 5.32 Å². The fourth-order valence-corrected chi connectivity index (χ4v) is 5.69. The van der Waals surface area contributed by atoms with E-state index in [2.05, 4.69) is 17.4 Å². The Morgan fingerprint density at radius 3 is 2.73 bits per heavy atom. The van der Waals surface area contributed by atoms with Crippen LogP contribution in [0.3, 0.4) is 0 Å². The van der Waals surface area contributed by atoms with Gasteiger partial charge in [-0.25, -0.2) is 8.42 Å². The minimum atomic E-state index is -3.90. The van der Waals surface area contributed by atoms with Crippen molar-refractivity contribution in [2.75, 3.05) is 18.4 Å². The molecule has 1 aliphatic heterocycles. The molecule has 174 valence electrons. The number of rotatable bonds is 7. The highest BCUT2D eigenvalue weighted by Crippen LogP contribution is 2.29. The number of carbonyl (C=O) groups excluding carboxylic acids is 1. The predicted molar refractivity (Wildman–Crippen MR) is 125 cm³/mol. The van der Waals surface area contributed by atoms with Gasteiger partial charge in [-0.05, 0) is 68.2 Å². The lowest BCUT2D eigenvalue weighted by molar-refractivity contribution is -0.120. The predicted octanol–water partition coefficient (Wildman–Crippen LogP) is 4.35. The summed E-state index contributed by atoms with van der Waals surface area (Å²) >= 11 is 0. The fraction of sp³-hybridized carbons (Fsp3) is 0.333. The zero-order valence-electron chi connectivity index (χ0n) is 18.7. The maximum absolute atomic E-state index is 13.5. The van der Waals surface area contributed by atoms with E-state index < -0.39 is 15.9 Å². The molecule has 1 N–H and O–H groups in total. The van der Waals surface area contributed by atoms with Crippen LogP contribution in [-0.4, -0.2) is 36.9 Å². The number of carbonyl (C=O) groups is 1. The van der Waals surface area contributed by atoms with Crippen molar-refractivity contribution in [2.45, 2.75) is 38.0 Å². The van der Waals surface area contributed by atoms with Gasteiger partial charge in [-0.3, -0.25) is 4.79 Å². The lowest BCUT2D eigenvalue weighted by atomic mass is 9.98. The van der Waals surface area contributed by atoms with Gasteiger partial charge in [0.25, 0.3) is 0 Å². The summed E-state index contributed by atoms with van der Waals surface area (Å²) in [5.74, 6) is 0.0707. The molecule has 0 aliphatic carbocycles. The van der Waals surface area contributed by atoms with Gasteiger partial charge in [0.05, 0.1) is 12.2 Å². The monoisotopic (exact) mass is 469 g/mol. The topological polar surface area (TPSA) is 106 Å². The second-order valence-corrected chi connectivity index (χ2v) is 9.93. The van der Waals surface area contributed by atoms with Crippen LogP contribution in [0.4, 0.5) is 5.69 Å². The molecule has 8 nitrogen and oxygen atoms in total. The van der Waals surface area contributed by atoms with E-state index in [1.807, 2.05) is 24.3 Å². The van der Waals surface area contributed by atoms with Crippen molar-refractivity contribution >= 4 is 33.8 Å². The molecule has 0 spiro atoms. The van der Waals surface area contributed by atoms with E-state index in [1.54, 1.807) is 25.1 Å². The van der Waals surface area contributed by atoms with Gasteiger partial charge in [0.1, 0.15) is 11.5 Å². The van der Waals surface area contributed by atoms with Gasteiger partial charge >= 0.3 is 0 Å². The largest absolute Gasteiger partial charge is 0.465 e. The standard InChI is InChI=1S/C24H27N3O5S/c1-3-18-8-10-20(11-9-18)25-24(28)19-6-4-14-27(16-19)33(29,30)23-17(2)26-32-22(23)13-12-21-7-5-15-31-21/h5,7-13,15,19H,3-4,6,14,16H2,1-2H3,(H,25,28)/b13-12+/t19-/m1/s1. The van der Waals surface area contributed by atoms with Gasteiger partial charge in [0.2, 0.25) is 15.9 Å². The molecule has 0 unspecified atom stereocenters. The number of anilines is 1. The molecule has 3 heterocycles. The van der Waals surface area contributed by atoms with Crippen molar-refractivity contribution in [1.82, 2.24) is 9.46 Å². The van der Waals surface area contributed by atoms with E-state index in [0.29, 0.717) is 30.8 Å². The van der Waals surface area contributed by atoms with Gasteiger partial charge < -0.3 is 14.3 Å².